The van der Waals surface area contributed by atoms with E-state index in [2.05, 4.69) is 15.9 Å². The second-order valence-electron chi connectivity index (χ2n) is 4.11. The number of sulfonamides is 1. The Labute approximate surface area is 126 Å². The lowest BCUT2D eigenvalue weighted by Crippen LogP contribution is -2.33. The van der Waals surface area contributed by atoms with Crippen LogP contribution in [0, 0.1) is 0 Å². The van der Waals surface area contributed by atoms with Gasteiger partial charge in [0.1, 0.15) is 10.6 Å². The van der Waals surface area contributed by atoms with Crippen molar-refractivity contribution < 1.29 is 13.2 Å². The van der Waals surface area contributed by atoms with Crippen molar-refractivity contribution in [1.82, 2.24) is 4.31 Å². The van der Waals surface area contributed by atoms with Crippen LogP contribution in [0.25, 0.3) is 0 Å². The number of hydrogen-bond donors (Lipinski definition) is 0. The summed E-state index contributed by atoms with van der Waals surface area (Å²) in [6.07, 6.45) is 0. The zero-order valence-corrected chi connectivity index (χ0v) is 14.0. The number of rotatable bonds is 4. The second-order valence-corrected chi connectivity index (χ2v) is 8.31. The summed E-state index contributed by atoms with van der Waals surface area (Å²) in [4.78, 5) is 0.234. The molecular weight excluding hydrogens is 350 g/mol. The van der Waals surface area contributed by atoms with Crippen molar-refractivity contribution in [3.8, 4) is 5.75 Å². The van der Waals surface area contributed by atoms with Gasteiger partial charge in [0, 0.05) is 16.8 Å². The van der Waals surface area contributed by atoms with Gasteiger partial charge in [0.15, 0.2) is 0 Å². The third-order valence-corrected chi connectivity index (χ3v) is 6.64. The van der Waals surface area contributed by atoms with Gasteiger partial charge >= 0.3 is 0 Å². The van der Waals surface area contributed by atoms with Crippen molar-refractivity contribution in [3.05, 3.63) is 22.7 Å². The molecule has 7 heteroatoms. The summed E-state index contributed by atoms with van der Waals surface area (Å²) in [5, 5.41) is -0.0292. The van der Waals surface area contributed by atoms with Crippen molar-refractivity contribution in [1.29, 1.82) is 0 Å². The Bertz CT molecular complexity index is 562. The predicted molar refractivity (Wildman–Crippen MR) is 81.1 cm³/mol. The van der Waals surface area contributed by atoms with Crippen molar-refractivity contribution in [3.63, 3.8) is 0 Å². The molecule has 1 atom stereocenters. The second kappa shape index (κ2) is 6.03. The molecule has 0 saturated carbocycles. The average molecular weight is 366 g/mol. The van der Waals surface area contributed by atoms with Crippen LogP contribution < -0.4 is 4.74 Å². The van der Waals surface area contributed by atoms with Crippen LogP contribution in [0.15, 0.2) is 27.6 Å². The number of thioether (sulfide) groups is 1. The van der Waals surface area contributed by atoms with Crippen LogP contribution in [0.5, 0.6) is 5.75 Å². The Kier molecular flexibility index (Phi) is 4.81. The lowest BCUT2D eigenvalue weighted by Gasteiger charge is -2.21. The summed E-state index contributed by atoms with van der Waals surface area (Å²) in [5.41, 5.74) is 0. The first kappa shape index (κ1) is 15.2. The van der Waals surface area contributed by atoms with Gasteiger partial charge in [-0.25, -0.2) is 8.42 Å². The molecule has 1 aromatic rings. The third-order valence-electron chi connectivity index (χ3n) is 2.87. The molecule has 1 aliphatic rings. The molecule has 1 aromatic carbocycles. The first-order valence-electron chi connectivity index (χ1n) is 6.02. The van der Waals surface area contributed by atoms with Crippen LogP contribution >= 0.6 is 27.7 Å². The van der Waals surface area contributed by atoms with Gasteiger partial charge in [0.05, 0.1) is 12.0 Å². The molecule has 0 spiro atoms. The lowest BCUT2D eigenvalue weighted by molar-refractivity contribution is 0.329. The molecule has 1 unspecified atom stereocenters. The highest BCUT2D eigenvalue weighted by atomic mass is 79.9. The first-order chi connectivity index (χ1) is 8.96. The maximum atomic E-state index is 12.7. The molecule has 1 aliphatic heterocycles. The Morgan fingerprint density at radius 3 is 2.84 bits per heavy atom. The molecule has 1 heterocycles. The topological polar surface area (TPSA) is 46.6 Å². The lowest BCUT2D eigenvalue weighted by atomic mass is 10.3. The highest BCUT2D eigenvalue weighted by molar-refractivity contribution is 9.10. The predicted octanol–water partition coefficient (Wildman–Crippen LogP) is 2.93. The molecule has 0 radical (unpaired) electrons. The zero-order valence-electron chi connectivity index (χ0n) is 10.8. The van der Waals surface area contributed by atoms with Gasteiger partial charge in [-0.15, -0.1) is 11.8 Å². The minimum atomic E-state index is -3.51. The van der Waals surface area contributed by atoms with E-state index in [-0.39, 0.29) is 10.3 Å². The van der Waals surface area contributed by atoms with E-state index in [1.165, 1.54) is 4.31 Å². The quantitative estimate of drug-likeness (QED) is 0.822. The number of nitrogens with zero attached hydrogens (tertiary/aromatic N) is 1. The molecule has 4 nitrogen and oxygen atoms in total. The van der Waals surface area contributed by atoms with Crippen LogP contribution in [0.4, 0.5) is 0 Å². The van der Waals surface area contributed by atoms with E-state index in [4.69, 9.17) is 4.74 Å². The summed E-state index contributed by atoms with van der Waals surface area (Å²) in [5.74, 6) is 1.24. The number of benzene rings is 1. The van der Waals surface area contributed by atoms with Crippen LogP contribution in [0.3, 0.4) is 0 Å². The molecule has 106 valence electrons. The SMILES string of the molecule is CCOc1ccc(Br)cc1S(=O)(=O)N1CCSC1C. The maximum Gasteiger partial charge on any atom is 0.247 e. The number of ether oxygens (including phenoxy) is 1. The summed E-state index contributed by atoms with van der Waals surface area (Å²) in [7, 11) is -3.51. The van der Waals surface area contributed by atoms with Crippen molar-refractivity contribution in [2.45, 2.75) is 24.1 Å². The summed E-state index contributed by atoms with van der Waals surface area (Å²) in [6.45, 7) is 4.74. The van der Waals surface area contributed by atoms with Gasteiger partial charge in [-0.2, -0.15) is 4.31 Å². The minimum Gasteiger partial charge on any atom is -0.492 e. The molecule has 1 saturated heterocycles. The third kappa shape index (κ3) is 3.09. The van der Waals surface area contributed by atoms with Gasteiger partial charge in [0.2, 0.25) is 10.0 Å². The smallest absolute Gasteiger partial charge is 0.247 e. The number of hydrogen-bond acceptors (Lipinski definition) is 4. The van der Waals surface area contributed by atoms with Crippen molar-refractivity contribution >= 4 is 37.7 Å². The summed E-state index contributed by atoms with van der Waals surface area (Å²) in [6, 6.07) is 5.08. The van der Waals surface area contributed by atoms with E-state index in [1.807, 2.05) is 13.8 Å². The fourth-order valence-electron chi connectivity index (χ4n) is 1.98. The van der Waals surface area contributed by atoms with Gasteiger partial charge in [-0.3, -0.25) is 0 Å². The molecule has 2 rings (SSSR count). The van der Waals surface area contributed by atoms with Crippen molar-refractivity contribution in [2.75, 3.05) is 18.9 Å². The normalized spacial score (nSPS) is 20.7. The van der Waals surface area contributed by atoms with Gasteiger partial charge in [-0.1, -0.05) is 15.9 Å². The molecular formula is C12H16BrNO3S2. The summed E-state index contributed by atoms with van der Waals surface area (Å²) >= 11 is 4.96. The molecule has 0 amide bonds. The standard InChI is InChI=1S/C12H16BrNO3S2/c1-3-17-11-5-4-10(13)8-12(11)19(15,16)14-6-7-18-9(14)2/h4-5,8-9H,3,6-7H2,1-2H3. The molecule has 0 bridgehead atoms. The van der Waals surface area contributed by atoms with E-state index in [0.29, 0.717) is 18.9 Å². The average Bonchev–Trinajstić information content (AvgIpc) is 2.78. The zero-order chi connectivity index (χ0) is 14.0. The van der Waals surface area contributed by atoms with Crippen LogP contribution in [0.1, 0.15) is 13.8 Å². The highest BCUT2D eigenvalue weighted by Crippen LogP contribution is 2.35. The Balaban J connectivity index is 2.47. The number of halogens is 1. The van der Waals surface area contributed by atoms with Crippen LogP contribution in [-0.2, 0) is 10.0 Å². The highest BCUT2D eigenvalue weighted by Gasteiger charge is 2.35. The van der Waals surface area contributed by atoms with Crippen LogP contribution in [0.2, 0.25) is 0 Å². The van der Waals surface area contributed by atoms with Crippen LogP contribution in [-0.4, -0.2) is 37.0 Å². The molecule has 0 aliphatic carbocycles. The van der Waals surface area contributed by atoms with Gasteiger partial charge < -0.3 is 4.74 Å². The van der Waals surface area contributed by atoms with Gasteiger partial charge in [-0.05, 0) is 32.0 Å². The van der Waals surface area contributed by atoms with E-state index in [0.717, 1.165) is 10.2 Å². The Morgan fingerprint density at radius 2 is 2.26 bits per heavy atom. The summed E-state index contributed by atoms with van der Waals surface area (Å²) < 4.78 is 33.1. The van der Waals surface area contributed by atoms with E-state index >= 15 is 0 Å². The Morgan fingerprint density at radius 1 is 1.53 bits per heavy atom. The molecule has 0 N–H and O–H groups in total. The maximum absolute atomic E-state index is 12.7. The fraction of sp³-hybridized carbons (Fsp3) is 0.500. The minimum absolute atomic E-state index is 0.0292. The largest absolute Gasteiger partial charge is 0.492 e. The van der Waals surface area contributed by atoms with E-state index < -0.39 is 10.0 Å². The molecule has 19 heavy (non-hydrogen) atoms. The molecule has 1 fully saturated rings. The Hall–Kier alpha value is -0.240. The van der Waals surface area contributed by atoms with Crippen molar-refractivity contribution in [2.24, 2.45) is 0 Å². The monoisotopic (exact) mass is 365 g/mol. The van der Waals surface area contributed by atoms with E-state index in [9.17, 15) is 8.42 Å². The first-order valence-corrected chi connectivity index (χ1v) is 9.30. The van der Waals surface area contributed by atoms with Gasteiger partial charge in [0.25, 0.3) is 0 Å². The molecule has 0 aromatic heterocycles. The van der Waals surface area contributed by atoms with E-state index in [1.54, 1.807) is 30.0 Å². The fourth-order valence-corrected chi connectivity index (χ4v) is 5.68.